The van der Waals surface area contributed by atoms with Gasteiger partial charge in [0.2, 0.25) is 0 Å². The molecule has 46 heavy (non-hydrogen) atoms. The van der Waals surface area contributed by atoms with E-state index in [0.717, 1.165) is 58.2 Å². The first kappa shape index (κ1) is 31.7. The molecule has 1 unspecified atom stereocenters. The van der Waals surface area contributed by atoms with E-state index < -0.39 is 5.60 Å². The Bertz CT molecular complexity index is 1650. The lowest BCUT2D eigenvalue weighted by atomic mass is 9.77. The highest BCUT2D eigenvalue weighted by molar-refractivity contribution is 5.97. The van der Waals surface area contributed by atoms with E-state index in [1.54, 1.807) is 0 Å². The van der Waals surface area contributed by atoms with Crippen molar-refractivity contribution in [2.24, 2.45) is 0 Å². The average molecular weight is 617 g/mol. The van der Waals surface area contributed by atoms with Crippen molar-refractivity contribution in [2.45, 2.75) is 90.6 Å². The number of anilines is 3. The largest absolute Gasteiger partial charge is 0.456 e. The maximum Gasteiger partial charge on any atom is 0.340 e. The van der Waals surface area contributed by atoms with Crippen molar-refractivity contribution in [1.82, 2.24) is 0 Å². The van der Waals surface area contributed by atoms with Crippen LogP contribution < -0.4 is 15.0 Å². The number of ether oxygens (including phenoxy) is 2. The highest BCUT2D eigenvalue weighted by Crippen LogP contribution is 2.57. The fraction of sp³-hybridized carbons (Fsp3) is 0.390. The summed E-state index contributed by atoms with van der Waals surface area (Å²) >= 11 is 0. The summed E-state index contributed by atoms with van der Waals surface area (Å²) in [5, 5.41) is 3.56. The minimum absolute atomic E-state index is 0.312. The summed E-state index contributed by atoms with van der Waals surface area (Å²) in [5.41, 5.74) is 6.15. The molecule has 1 atom stereocenters. The molecular formula is C41H48N2O3. The third kappa shape index (κ3) is 6.38. The molecule has 1 spiro atoms. The van der Waals surface area contributed by atoms with Gasteiger partial charge in [0, 0.05) is 52.9 Å². The number of hydrogen-bond donors (Lipinski definition) is 1. The number of nitrogens with one attached hydrogen (secondary N) is 1. The van der Waals surface area contributed by atoms with E-state index in [1.807, 2.05) is 54.6 Å². The molecule has 6 rings (SSSR count). The third-order valence-corrected chi connectivity index (χ3v) is 9.62. The van der Waals surface area contributed by atoms with Gasteiger partial charge < -0.3 is 19.7 Å². The number of para-hydroxylation sites is 1. The van der Waals surface area contributed by atoms with Crippen molar-refractivity contribution in [2.75, 3.05) is 23.3 Å². The lowest BCUT2D eigenvalue weighted by molar-refractivity contribution is 0.0224. The molecule has 5 heteroatoms. The molecule has 2 aliphatic rings. The SMILES string of the molecule is CCCCCCCCCCCCN(CC)c1ccc2c(c1)Oc1cc(C)c(Nc3ccccc3)cc1C21OC(=O)c2ccccc21. The van der Waals surface area contributed by atoms with E-state index in [1.165, 1.54) is 64.2 Å². The van der Waals surface area contributed by atoms with Gasteiger partial charge in [0.25, 0.3) is 0 Å². The number of aryl methyl sites for hydroxylation is 1. The van der Waals surface area contributed by atoms with Crippen LogP contribution in [-0.4, -0.2) is 19.1 Å². The lowest BCUT2D eigenvalue weighted by Gasteiger charge is -2.38. The highest BCUT2D eigenvalue weighted by Gasteiger charge is 2.53. The van der Waals surface area contributed by atoms with Crippen molar-refractivity contribution in [3.05, 3.63) is 113 Å². The Kier molecular flexibility index (Phi) is 9.97. The second-order valence-corrected chi connectivity index (χ2v) is 12.8. The molecule has 0 saturated heterocycles. The molecule has 240 valence electrons. The van der Waals surface area contributed by atoms with Crippen LogP contribution in [0.4, 0.5) is 17.1 Å². The zero-order chi connectivity index (χ0) is 31.9. The second kappa shape index (κ2) is 14.5. The van der Waals surface area contributed by atoms with E-state index in [-0.39, 0.29) is 5.97 Å². The summed E-state index contributed by atoms with van der Waals surface area (Å²) in [5.74, 6) is 1.13. The first-order chi connectivity index (χ1) is 22.5. The van der Waals surface area contributed by atoms with Crippen LogP contribution in [0, 0.1) is 6.92 Å². The fourth-order valence-electron chi connectivity index (χ4n) is 7.08. The normalized spacial score (nSPS) is 15.9. The number of nitrogens with zero attached hydrogens (tertiary/aromatic N) is 1. The van der Waals surface area contributed by atoms with Crippen LogP contribution in [0.1, 0.15) is 111 Å². The maximum absolute atomic E-state index is 13.4. The van der Waals surface area contributed by atoms with Crippen LogP contribution in [-0.2, 0) is 10.3 Å². The molecule has 4 aromatic rings. The van der Waals surface area contributed by atoms with Crippen molar-refractivity contribution < 1.29 is 14.3 Å². The van der Waals surface area contributed by atoms with E-state index in [4.69, 9.17) is 9.47 Å². The number of hydrogen-bond acceptors (Lipinski definition) is 5. The maximum atomic E-state index is 13.4. The number of unbranched alkanes of at least 4 members (excludes halogenated alkanes) is 9. The second-order valence-electron chi connectivity index (χ2n) is 12.8. The lowest BCUT2D eigenvalue weighted by Crippen LogP contribution is -2.33. The topological polar surface area (TPSA) is 50.8 Å². The molecule has 0 amide bonds. The quantitative estimate of drug-likeness (QED) is 0.106. The number of esters is 1. The van der Waals surface area contributed by atoms with Crippen LogP contribution in [0.3, 0.4) is 0 Å². The molecule has 4 aromatic carbocycles. The van der Waals surface area contributed by atoms with Gasteiger partial charge in [-0.2, -0.15) is 0 Å². The molecule has 0 saturated carbocycles. The van der Waals surface area contributed by atoms with E-state index in [9.17, 15) is 4.79 Å². The van der Waals surface area contributed by atoms with E-state index in [2.05, 4.69) is 61.3 Å². The van der Waals surface area contributed by atoms with Gasteiger partial charge in [0.15, 0.2) is 5.60 Å². The van der Waals surface area contributed by atoms with Gasteiger partial charge in [-0.15, -0.1) is 0 Å². The summed E-state index contributed by atoms with van der Waals surface area (Å²) in [6.07, 6.45) is 13.3. The van der Waals surface area contributed by atoms with Crippen LogP contribution in [0.5, 0.6) is 11.5 Å². The van der Waals surface area contributed by atoms with Crippen molar-refractivity contribution in [1.29, 1.82) is 0 Å². The Morgan fingerprint density at radius 1 is 0.696 bits per heavy atom. The number of rotatable bonds is 15. The summed E-state index contributed by atoms with van der Waals surface area (Å²) in [6.45, 7) is 8.50. The Morgan fingerprint density at radius 3 is 2.11 bits per heavy atom. The minimum atomic E-state index is -1.09. The van der Waals surface area contributed by atoms with Gasteiger partial charge in [0.1, 0.15) is 11.5 Å². The van der Waals surface area contributed by atoms with Crippen molar-refractivity contribution >= 4 is 23.0 Å². The van der Waals surface area contributed by atoms with Gasteiger partial charge in [-0.25, -0.2) is 4.79 Å². The summed E-state index contributed by atoms with van der Waals surface area (Å²) < 4.78 is 13.2. The van der Waals surface area contributed by atoms with Crippen LogP contribution in [0.2, 0.25) is 0 Å². The summed E-state index contributed by atoms with van der Waals surface area (Å²) in [4.78, 5) is 15.8. The molecule has 2 aliphatic heterocycles. The first-order valence-corrected chi connectivity index (χ1v) is 17.4. The smallest absolute Gasteiger partial charge is 0.340 e. The van der Waals surface area contributed by atoms with Gasteiger partial charge in [-0.05, 0) is 68.3 Å². The first-order valence-electron chi connectivity index (χ1n) is 17.4. The zero-order valence-corrected chi connectivity index (χ0v) is 27.7. The highest BCUT2D eigenvalue weighted by atomic mass is 16.6. The molecule has 0 fully saturated rings. The Hall–Kier alpha value is -4.25. The van der Waals surface area contributed by atoms with Crippen LogP contribution >= 0.6 is 0 Å². The van der Waals surface area contributed by atoms with E-state index in [0.29, 0.717) is 11.3 Å². The average Bonchev–Trinajstić information content (AvgIpc) is 3.37. The summed E-state index contributed by atoms with van der Waals surface area (Å²) in [7, 11) is 0. The van der Waals surface area contributed by atoms with Crippen LogP contribution in [0.25, 0.3) is 0 Å². The Labute approximate surface area is 274 Å². The molecule has 5 nitrogen and oxygen atoms in total. The Morgan fingerprint density at radius 2 is 1.37 bits per heavy atom. The predicted octanol–water partition coefficient (Wildman–Crippen LogP) is 11.1. The molecule has 0 aromatic heterocycles. The Balaban J connectivity index is 1.25. The van der Waals surface area contributed by atoms with Crippen molar-refractivity contribution in [3.8, 4) is 11.5 Å². The molecule has 0 radical (unpaired) electrons. The van der Waals surface area contributed by atoms with E-state index >= 15 is 0 Å². The van der Waals surface area contributed by atoms with Gasteiger partial charge in [-0.1, -0.05) is 101 Å². The third-order valence-electron chi connectivity index (χ3n) is 9.62. The standard InChI is InChI=1S/C41H48N2O3/c1-4-6-7-8-9-10-11-12-13-19-26-43(5-2)32-24-25-35-39(28-32)45-38-27-30(3)37(42-31-20-15-14-16-21-31)29-36(38)41(35)34-23-18-17-22-33(34)40(44)46-41/h14-18,20-25,27-29,42H,4-13,19,26H2,1-3H3. The fourth-order valence-corrected chi connectivity index (χ4v) is 7.08. The molecule has 0 bridgehead atoms. The molecule has 1 N–H and O–H groups in total. The number of fused-ring (bicyclic) bond motifs is 6. The molecular weight excluding hydrogens is 568 g/mol. The minimum Gasteiger partial charge on any atom is -0.456 e. The zero-order valence-electron chi connectivity index (χ0n) is 27.7. The van der Waals surface area contributed by atoms with Crippen LogP contribution in [0.15, 0.2) is 84.9 Å². The van der Waals surface area contributed by atoms with Gasteiger partial charge >= 0.3 is 5.97 Å². The molecule has 0 aliphatic carbocycles. The predicted molar refractivity (Wildman–Crippen MR) is 189 cm³/mol. The van der Waals surface area contributed by atoms with Crippen molar-refractivity contribution in [3.63, 3.8) is 0 Å². The monoisotopic (exact) mass is 616 g/mol. The van der Waals surface area contributed by atoms with Gasteiger partial charge in [-0.3, -0.25) is 0 Å². The van der Waals surface area contributed by atoms with Gasteiger partial charge in [0.05, 0.1) is 5.56 Å². The molecule has 2 heterocycles. The number of benzene rings is 4. The number of carbonyl (C=O) groups excluding carboxylic acids is 1. The number of carbonyl (C=O) groups is 1. The summed E-state index contributed by atoms with van der Waals surface area (Å²) in [6, 6.07) is 28.4.